The molecule has 1 saturated heterocycles. The lowest BCUT2D eigenvalue weighted by molar-refractivity contribution is -0.137. The number of aliphatic carboxylic acids is 1. The molecule has 1 aromatic carbocycles. The van der Waals surface area contributed by atoms with Crippen LogP contribution < -0.4 is 27.0 Å². The minimum atomic E-state index is -1.05. The first kappa shape index (κ1) is 32.0. The van der Waals surface area contributed by atoms with Crippen molar-refractivity contribution < 1.29 is 29.4 Å². The molecule has 1 aliphatic rings. The van der Waals surface area contributed by atoms with Crippen molar-refractivity contribution in [3.8, 4) is 0 Å². The second-order valence-electron chi connectivity index (χ2n) is 10.4. The van der Waals surface area contributed by atoms with Crippen LogP contribution in [0.5, 0.6) is 0 Å². The summed E-state index contributed by atoms with van der Waals surface area (Å²) in [4.78, 5) is 49.8. The Balaban J connectivity index is 2.08. The molecule has 11 heteroatoms. The number of aliphatic hydroxyl groups is 1. The van der Waals surface area contributed by atoms with E-state index in [-0.39, 0.29) is 25.3 Å². The third kappa shape index (κ3) is 11.6. The van der Waals surface area contributed by atoms with E-state index < -0.39 is 48.1 Å². The molecule has 1 aromatic rings. The number of carboxylic acid groups (broad SMARTS) is 1. The average Bonchev–Trinajstić information content (AvgIpc) is 2.91. The number of carboxylic acids is 1. The van der Waals surface area contributed by atoms with Crippen LogP contribution in [0, 0.1) is 6.92 Å². The number of aliphatic hydroxyl groups excluding tert-OH is 1. The fourth-order valence-electron chi connectivity index (χ4n) is 4.53. The highest BCUT2D eigenvalue weighted by Gasteiger charge is 2.30. The van der Waals surface area contributed by atoms with E-state index in [1.54, 1.807) is 0 Å². The van der Waals surface area contributed by atoms with E-state index in [9.17, 15) is 24.3 Å². The zero-order valence-electron chi connectivity index (χ0n) is 23.1. The monoisotopic (exact) mass is 547 g/mol. The Morgan fingerprint density at radius 1 is 1.05 bits per heavy atom. The van der Waals surface area contributed by atoms with Crippen molar-refractivity contribution in [3.05, 3.63) is 29.8 Å². The van der Waals surface area contributed by atoms with E-state index >= 15 is 0 Å². The maximum Gasteiger partial charge on any atom is 0.303 e. The molecule has 2 rings (SSSR count). The average molecular weight is 548 g/mol. The summed E-state index contributed by atoms with van der Waals surface area (Å²) in [5.41, 5.74) is 7.84. The summed E-state index contributed by atoms with van der Waals surface area (Å²) in [6.07, 6.45) is 3.95. The second kappa shape index (κ2) is 16.7. The number of nitrogens with two attached hydrogens (primary N) is 1. The van der Waals surface area contributed by atoms with Gasteiger partial charge in [0.2, 0.25) is 17.7 Å². The Morgan fingerprint density at radius 3 is 2.36 bits per heavy atom. The van der Waals surface area contributed by atoms with E-state index in [0.29, 0.717) is 32.1 Å². The first-order valence-electron chi connectivity index (χ1n) is 14.0. The lowest BCUT2D eigenvalue weighted by Gasteiger charge is -2.28. The first-order valence-corrected chi connectivity index (χ1v) is 14.0. The van der Waals surface area contributed by atoms with Crippen molar-refractivity contribution >= 4 is 29.4 Å². The molecule has 0 saturated carbocycles. The number of rotatable bonds is 11. The quantitative estimate of drug-likeness (QED) is 0.218. The van der Waals surface area contributed by atoms with Gasteiger partial charge in [0.1, 0.15) is 12.1 Å². The minimum absolute atomic E-state index is 0.0428. The van der Waals surface area contributed by atoms with Gasteiger partial charge in [-0.25, -0.2) is 0 Å². The number of carbonyl (C=O) groups excluding carboxylic acids is 3. The molecule has 8 N–H and O–H groups in total. The molecule has 0 aromatic heterocycles. The Morgan fingerprint density at radius 2 is 1.72 bits per heavy atom. The molecule has 11 nitrogen and oxygen atoms in total. The van der Waals surface area contributed by atoms with E-state index in [2.05, 4.69) is 21.3 Å². The summed E-state index contributed by atoms with van der Waals surface area (Å²) < 4.78 is 0. The summed E-state index contributed by atoms with van der Waals surface area (Å²) in [7, 11) is 0. The smallest absolute Gasteiger partial charge is 0.303 e. The lowest BCUT2D eigenvalue weighted by Crippen LogP contribution is -2.57. The van der Waals surface area contributed by atoms with E-state index in [4.69, 9.17) is 10.8 Å². The van der Waals surface area contributed by atoms with Crippen molar-refractivity contribution in [2.75, 3.05) is 11.9 Å². The van der Waals surface area contributed by atoms with Crippen LogP contribution in [0.4, 0.5) is 5.69 Å². The highest BCUT2D eigenvalue weighted by Crippen LogP contribution is 2.15. The minimum Gasteiger partial charge on any atom is -0.481 e. The molecule has 1 heterocycles. The molecular formula is C28H45N5O6. The third-order valence-corrected chi connectivity index (χ3v) is 6.97. The third-order valence-electron chi connectivity index (χ3n) is 6.97. The highest BCUT2D eigenvalue weighted by molar-refractivity contribution is 5.93. The SMILES string of the molecule is CCC[C@@H]1NC(=O)[C@@H](NC(=O)[C@@H](N)CCC(=O)O)CCCCCC[C@@H]([C@H](O)CNc2ccc(C)cc2)NC1=O. The summed E-state index contributed by atoms with van der Waals surface area (Å²) in [6.45, 7) is 4.16. The van der Waals surface area contributed by atoms with E-state index in [1.165, 1.54) is 0 Å². The fourth-order valence-corrected chi connectivity index (χ4v) is 4.53. The zero-order chi connectivity index (χ0) is 28.8. The van der Waals surface area contributed by atoms with Crippen LogP contribution in [-0.4, -0.2) is 70.7 Å². The Kier molecular flexibility index (Phi) is 13.7. The van der Waals surface area contributed by atoms with Gasteiger partial charge in [-0.3, -0.25) is 19.2 Å². The Hall–Kier alpha value is -3.18. The van der Waals surface area contributed by atoms with Gasteiger partial charge in [-0.2, -0.15) is 0 Å². The molecule has 1 aliphatic heterocycles. The lowest BCUT2D eigenvalue weighted by atomic mass is 10.0. The number of hydrogen-bond acceptors (Lipinski definition) is 7. The normalized spacial score (nSPS) is 22.6. The Bertz CT molecular complexity index is 941. The molecule has 1 fully saturated rings. The molecule has 39 heavy (non-hydrogen) atoms. The standard InChI is InChI=1S/C28H45N5O6/c1-3-8-22-27(38)31-21(24(34)17-30-19-13-11-18(2)12-14-19)9-6-4-5-7-10-23(28(39)33-22)32-26(37)20(29)15-16-25(35)36/h11-14,20-24,30,34H,3-10,15-17,29H2,1-2H3,(H,31,38)(H,32,37)(H,33,39)(H,35,36)/t20-,21-,22-,23-,24+/m0/s1. The van der Waals surface area contributed by atoms with Crippen LogP contribution in [0.25, 0.3) is 0 Å². The van der Waals surface area contributed by atoms with Gasteiger partial charge >= 0.3 is 5.97 Å². The molecule has 0 spiro atoms. The van der Waals surface area contributed by atoms with Crippen molar-refractivity contribution in [2.45, 2.75) is 108 Å². The van der Waals surface area contributed by atoms with Gasteiger partial charge in [0.15, 0.2) is 0 Å². The zero-order valence-corrected chi connectivity index (χ0v) is 23.1. The van der Waals surface area contributed by atoms with Crippen LogP contribution in [0.3, 0.4) is 0 Å². The van der Waals surface area contributed by atoms with Gasteiger partial charge in [0.25, 0.3) is 0 Å². The van der Waals surface area contributed by atoms with Crippen LogP contribution >= 0.6 is 0 Å². The van der Waals surface area contributed by atoms with Gasteiger partial charge in [-0.1, -0.05) is 56.7 Å². The maximum atomic E-state index is 13.2. The topological polar surface area (TPSA) is 183 Å². The fraction of sp³-hybridized carbons (Fsp3) is 0.643. The second-order valence-corrected chi connectivity index (χ2v) is 10.4. The summed E-state index contributed by atoms with van der Waals surface area (Å²) in [5.74, 6) is -2.52. The van der Waals surface area contributed by atoms with Crippen molar-refractivity contribution in [2.24, 2.45) is 5.73 Å². The van der Waals surface area contributed by atoms with Crippen molar-refractivity contribution in [3.63, 3.8) is 0 Å². The molecule has 0 bridgehead atoms. The predicted molar refractivity (Wildman–Crippen MR) is 149 cm³/mol. The number of nitrogens with one attached hydrogen (secondary N) is 4. The first-order chi connectivity index (χ1) is 18.6. The highest BCUT2D eigenvalue weighted by atomic mass is 16.4. The van der Waals surface area contributed by atoms with Crippen LogP contribution in [0.1, 0.15) is 76.7 Å². The molecule has 0 radical (unpaired) electrons. The molecule has 0 aliphatic carbocycles. The van der Waals surface area contributed by atoms with Crippen LogP contribution in [-0.2, 0) is 19.2 Å². The number of aryl methyl sites for hydroxylation is 1. The molecule has 3 amide bonds. The van der Waals surface area contributed by atoms with Gasteiger partial charge in [-0.05, 0) is 44.7 Å². The number of benzene rings is 1. The summed E-state index contributed by atoms with van der Waals surface area (Å²) in [5, 5.41) is 31.4. The van der Waals surface area contributed by atoms with E-state index in [0.717, 1.165) is 30.5 Å². The number of carbonyl (C=O) groups is 4. The van der Waals surface area contributed by atoms with Crippen molar-refractivity contribution in [1.82, 2.24) is 16.0 Å². The number of hydrogen-bond donors (Lipinski definition) is 7. The summed E-state index contributed by atoms with van der Waals surface area (Å²) >= 11 is 0. The van der Waals surface area contributed by atoms with E-state index in [1.807, 2.05) is 38.1 Å². The van der Waals surface area contributed by atoms with Crippen LogP contribution in [0.15, 0.2) is 24.3 Å². The maximum absolute atomic E-state index is 13.2. The summed E-state index contributed by atoms with van der Waals surface area (Å²) in [6, 6.07) is 4.57. The molecule has 0 unspecified atom stereocenters. The van der Waals surface area contributed by atoms with Crippen molar-refractivity contribution in [1.29, 1.82) is 0 Å². The van der Waals surface area contributed by atoms with Gasteiger partial charge in [0.05, 0.1) is 18.2 Å². The van der Waals surface area contributed by atoms with Crippen LogP contribution in [0.2, 0.25) is 0 Å². The van der Waals surface area contributed by atoms with Gasteiger partial charge in [0, 0.05) is 18.7 Å². The number of amides is 3. The van der Waals surface area contributed by atoms with Gasteiger partial charge in [-0.15, -0.1) is 0 Å². The number of anilines is 1. The molecular weight excluding hydrogens is 502 g/mol. The molecule has 218 valence electrons. The Labute approximate surface area is 230 Å². The van der Waals surface area contributed by atoms with Gasteiger partial charge < -0.3 is 37.2 Å². The largest absolute Gasteiger partial charge is 0.481 e. The predicted octanol–water partition coefficient (Wildman–Crippen LogP) is 1.57. The molecule has 5 atom stereocenters.